The third-order valence-corrected chi connectivity index (χ3v) is 5.82. The van der Waals surface area contributed by atoms with Crippen molar-refractivity contribution in [2.24, 2.45) is 5.92 Å². The molecule has 2 heterocycles. The second-order valence-corrected chi connectivity index (χ2v) is 8.22. The summed E-state index contributed by atoms with van der Waals surface area (Å²) in [5.74, 6) is 0.620. The van der Waals surface area contributed by atoms with E-state index in [1.165, 1.54) is 0 Å². The van der Waals surface area contributed by atoms with Crippen LogP contribution in [0, 0.1) is 12.8 Å². The topological polar surface area (TPSA) is 97.0 Å². The van der Waals surface area contributed by atoms with Gasteiger partial charge in [-0.25, -0.2) is 0 Å². The molecule has 32 heavy (non-hydrogen) atoms. The van der Waals surface area contributed by atoms with E-state index in [1.807, 2.05) is 19.1 Å². The van der Waals surface area contributed by atoms with Gasteiger partial charge in [-0.05, 0) is 51.0 Å². The third-order valence-electron chi connectivity index (χ3n) is 5.82. The average molecular weight is 437 g/mol. The number of nitrogens with one attached hydrogen (secondary N) is 2. The number of rotatable bonds is 5. The first-order valence-electron chi connectivity index (χ1n) is 10.8. The molecule has 0 aliphatic carbocycles. The van der Waals surface area contributed by atoms with Gasteiger partial charge in [0.25, 0.3) is 5.91 Å². The zero-order valence-electron chi connectivity index (χ0n) is 18.2. The van der Waals surface area contributed by atoms with Gasteiger partial charge in [-0.1, -0.05) is 17.7 Å². The van der Waals surface area contributed by atoms with E-state index in [0.717, 1.165) is 5.56 Å². The van der Waals surface area contributed by atoms with Crippen LogP contribution in [0.5, 0.6) is 11.5 Å². The summed E-state index contributed by atoms with van der Waals surface area (Å²) in [6.07, 6.45) is 1.14. The van der Waals surface area contributed by atoms with Gasteiger partial charge >= 0.3 is 0 Å². The highest BCUT2D eigenvalue weighted by atomic mass is 16.7. The molecule has 1 fully saturated rings. The number of piperidine rings is 1. The monoisotopic (exact) mass is 437 g/mol. The summed E-state index contributed by atoms with van der Waals surface area (Å²) >= 11 is 0. The van der Waals surface area contributed by atoms with Crippen LogP contribution in [-0.4, -0.2) is 48.5 Å². The van der Waals surface area contributed by atoms with Gasteiger partial charge in [-0.2, -0.15) is 0 Å². The minimum absolute atomic E-state index is 0.0724. The number of hydrogen-bond donors (Lipinski definition) is 2. The lowest BCUT2D eigenvalue weighted by molar-refractivity contribution is -0.135. The number of benzene rings is 2. The van der Waals surface area contributed by atoms with Gasteiger partial charge in [0.05, 0.1) is 0 Å². The zero-order chi connectivity index (χ0) is 22.7. The molecule has 1 saturated heterocycles. The number of hydrogen-bond acceptors (Lipinski definition) is 5. The van der Waals surface area contributed by atoms with E-state index in [4.69, 9.17) is 9.47 Å². The molecule has 0 radical (unpaired) electrons. The van der Waals surface area contributed by atoms with Gasteiger partial charge in [0, 0.05) is 36.3 Å². The molecule has 2 aliphatic heterocycles. The molecule has 8 heteroatoms. The first-order chi connectivity index (χ1) is 15.4. The second-order valence-electron chi connectivity index (χ2n) is 8.22. The Labute approximate surface area is 186 Å². The molecular formula is C24H27N3O5. The first-order valence-corrected chi connectivity index (χ1v) is 10.8. The average Bonchev–Trinajstić information content (AvgIpc) is 3.26. The number of aryl methyl sites for hydroxylation is 1. The van der Waals surface area contributed by atoms with Crippen molar-refractivity contribution in [1.29, 1.82) is 0 Å². The SMILES string of the molecule is Cc1cccc(C(=O)N[C@@H](C)C(=O)N2CCC(C(=O)Nc3ccc4c(c3)OCO4)CC2)c1. The van der Waals surface area contributed by atoms with Crippen LogP contribution < -0.4 is 20.1 Å². The number of carbonyl (C=O) groups excluding carboxylic acids is 3. The molecule has 0 spiro atoms. The van der Waals surface area contributed by atoms with Crippen LogP contribution in [0.25, 0.3) is 0 Å². The number of ether oxygens (including phenoxy) is 2. The van der Waals surface area contributed by atoms with Gasteiger partial charge in [0.1, 0.15) is 6.04 Å². The summed E-state index contributed by atoms with van der Waals surface area (Å²) in [6, 6.07) is 11.9. The number of fused-ring (bicyclic) bond motifs is 1. The Balaban J connectivity index is 1.26. The molecule has 1 atom stereocenters. The Morgan fingerprint density at radius 3 is 2.53 bits per heavy atom. The lowest BCUT2D eigenvalue weighted by atomic mass is 9.95. The fraction of sp³-hybridized carbons (Fsp3) is 0.375. The molecule has 8 nitrogen and oxygen atoms in total. The van der Waals surface area contributed by atoms with E-state index < -0.39 is 6.04 Å². The van der Waals surface area contributed by atoms with Crippen LogP contribution in [0.3, 0.4) is 0 Å². The molecule has 0 aromatic heterocycles. The highest BCUT2D eigenvalue weighted by Gasteiger charge is 2.30. The van der Waals surface area contributed by atoms with Crippen molar-refractivity contribution in [2.75, 3.05) is 25.2 Å². The maximum Gasteiger partial charge on any atom is 0.251 e. The van der Waals surface area contributed by atoms with E-state index in [1.54, 1.807) is 42.2 Å². The predicted octanol–water partition coefficient (Wildman–Crippen LogP) is 2.72. The molecule has 2 aliphatic rings. The van der Waals surface area contributed by atoms with Crippen LogP contribution in [0.4, 0.5) is 5.69 Å². The Morgan fingerprint density at radius 2 is 1.78 bits per heavy atom. The number of likely N-dealkylation sites (tertiary alicyclic amines) is 1. The van der Waals surface area contributed by atoms with Gasteiger partial charge in [-0.3, -0.25) is 14.4 Å². The van der Waals surface area contributed by atoms with E-state index in [-0.39, 0.29) is 30.4 Å². The van der Waals surface area contributed by atoms with Crippen LogP contribution in [0.15, 0.2) is 42.5 Å². The second kappa shape index (κ2) is 9.30. The minimum atomic E-state index is -0.637. The van der Waals surface area contributed by atoms with E-state index >= 15 is 0 Å². The fourth-order valence-electron chi connectivity index (χ4n) is 3.98. The molecule has 0 saturated carbocycles. The molecule has 2 aromatic carbocycles. The van der Waals surface area contributed by atoms with Crippen molar-refractivity contribution >= 4 is 23.4 Å². The number of nitrogens with zero attached hydrogens (tertiary/aromatic N) is 1. The molecule has 3 amide bonds. The minimum Gasteiger partial charge on any atom is -0.454 e. The van der Waals surface area contributed by atoms with Crippen molar-refractivity contribution in [1.82, 2.24) is 10.2 Å². The molecule has 2 aromatic rings. The van der Waals surface area contributed by atoms with Crippen molar-refractivity contribution in [2.45, 2.75) is 32.7 Å². The van der Waals surface area contributed by atoms with Crippen LogP contribution in [0.1, 0.15) is 35.7 Å². The molecule has 0 unspecified atom stereocenters. The van der Waals surface area contributed by atoms with Crippen molar-refractivity contribution in [3.8, 4) is 11.5 Å². The van der Waals surface area contributed by atoms with Crippen LogP contribution in [0.2, 0.25) is 0 Å². The maximum absolute atomic E-state index is 12.8. The van der Waals surface area contributed by atoms with Gasteiger partial charge in [-0.15, -0.1) is 0 Å². The Kier molecular flexibility index (Phi) is 6.30. The molecule has 0 bridgehead atoms. The van der Waals surface area contributed by atoms with Gasteiger partial charge < -0.3 is 25.0 Å². The summed E-state index contributed by atoms with van der Waals surface area (Å²) in [6.45, 7) is 4.74. The van der Waals surface area contributed by atoms with Gasteiger partial charge in [0.15, 0.2) is 11.5 Å². The largest absolute Gasteiger partial charge is 0.454 e. The summed E-state index contributed by atoms with van der Waals surface area (Å²) in [5, 5.41) is 5.70. The first kappa shape index (κ1) is 21.7. The Hall–Kier alpha value is -3.55. The quantitative estimate of drug-likeness (QED) is 0.750. The van der Waals surface area contributed by atoms with Crippen molar-refractivity contribution in [3.05, 3.63) is 53.6 Å². The molecule has 168 valence electrons. The molecule has 2 N–H and O–H groups in total. The lowest BCUT2D eigenvalue weighted by Crippen LogP contribution is -2.50. The summed E-state index contributed by atoms with van der Waals surface area (Å²) in [7, 11) is 0. The standard InChI is InChI=1S/C24H27N3O5/c1-15-4-3-5-18(12-15)23(29)25-16(2)24(30)27-10-8-17(9-11-27)22(28)26-19-6-7-20-21(13-19)32-14-31-20/h3-7,12-13,16-17H,8-11,14H2,1-2H3,(H,25,29)(H,26,28)/t16-/m0/s1. The smallest absolute Gasteiger partial charge is 0.251 e. The highest BCUT2D eigenvalue weighted by molar-refractivity contribution is 5.97. The van der Waals surface area contributed by atoms with Crippen LogP contribution in [-0.2, 0) is 9.59 Å². The van der Waals surface area contributed by atoms with Gasteiger partial charge in [0.2, 0.25) is 18.6 Å². The van der Waals surface area contributed by atoms with Crippen molar-refractivity contribution in [3.63, 3.8) is 0 Å². The normalized spacial score (nSPS) is 16.4. The van der Waals surface area contributed by atoms with Crippen LogP contribution >= 0.6 is 0 Å². The van der Waals surface area contributed by atoms with E-state index in [2.05, 4.69) is 10.6 Å². The van der Waals surface area contributed by atoms with E-state index in [0.29, 0.717) is 48.7 Å². The fourth-order valence-corrected chi connectivity index (χ4v) is 3.98. The Bertz CT molecular complexity index is 1030. The van der Waals surface area contributed by atoms with E-state index in [9.17, 15) is 14.4 Å². The summed E-state index contributed by atoms with van der Waals surface area (Å²) in [4.78, 5) is 39.6. The third kappa shape index (κ3) is 4.85. The zero-order valence-corrected chi connectivity index (χ0v) is 18.2. The number of amides is 3. The summed E-state index contributed by atoms with van der Waals surface area (Å²) < 4.78 is 10.6. The summed E-state index contributed by atoms with van der Waals surface area (Å²) in [5.41, 5.74) is 2.17. The number of anilines is 1. The Morgan fingerprint density at radius 1 is 1.03 bits per heavy atom. The molecule has 4 rings (SSSR count). The lowest BCUT2D eigenvalue weighted by Gasteiger charge is -2.33. The highest BCUT2D eigenvalue weighted by Crippen LogP contribution is 2.34. The molecular weight excluding hydrogens is 410 g/mol. The van der Waals surface area contributed by atoms with Crippen molar-refractivity contribution < 1.29 is 23.9 Å². The maximum atomic E-state index is 12.8. The predicted molar refractivity (Wildman–Crippen MR) is 119 cm³/mol. The number of carbonyl (C=O) groups is 3.